The molecule has 2 saturated heterocycles. The summed E-state index contributed by atoms with van der Waals surface area (Å²) in [6, 6.07) is 13.1. The Morgan fingerprint density at radius 2 is 1.98 bits per heavy atom. The number of hydrogen-bond donors (Lipinski definition) is 0. The van der Waals surface area contributed by atoms with E-state index in [0.717, 1.165) is 60.0 Å². The van der Waals surface area contributed by atoms with Gasteiger partial charge in [0.1, 0.15) is 18.2 Å². The summed E-state index contributed by atoms with van der Waals surface area (Å²) in [5.74, 6) is 0.240. The molecule has 4 aliphatic rings. The molecule has 4 heterocycles. The summed E-state index contributed by atoms with van der Waals surface area (Å²) in [7, 11) is 2.11. The number of amides is 1. The molecule has 2 aromatic carbocycles. The van der Waals surface area contributed by atoms with Crippen LogP contribution in [0.1, 0.15) is 55.6 Å². The first-order valence-corrected chi connectivity index (χ1v) is 16.1. The average Bonchev–Trinajstić information content (AvgIpc) is 3.83. The highest BCUT2D eigenvalue weighted by Crippen LogP contribution is 2.49. The number of hydrogen-bond acceptors (Lipinski definition) is 8. The Labute approximate surface area is 263 Å². The number of benzene rings is 2. The normalized spacial score (nSPS) is 21.7. The van der Waals surface area contributed by atoms with E-state index in [-0.39, 0.29) is 13.0 Å². The van der Waals surface area contributed by atoms with E-state index in [1.807, 2.05) is 0 Å². The van der Waals surface area contributed by atoms with E-state index in [4.69, 9.17) is 19.4 Å². The van der Waals surface area contributed by atoms with Crippen molar-refractivity contribution in [1.29, 1.82) is 5.26 Å². The van der Waals surface area contributed by atoms with Crippen LogP contribution in [0.5, 0.6) is 11.8 Å². The lowest BCUT2D eigenvalue weighted by molar-refractivity contribution is -0.131. The molecular formula is C35H39FN6O3. The van der Waals surface area contributed by atoms with Crippen molar-refractivity contribution in [2.24, 2.45) is 0 Å². The van der Waals surface area contributed by atoms with Gasteiger partial charge in [0.15, 0.2) is 5.83 Å². The summed E-state index contributed by atoms with van der Waals surface area (Å²) >= 11 is 0. The van der Waals surface area contributed by atoms with Gasteiger partial charge in [-0.25, -0.2) is 4.39 Å². The average molecular weight is 611 g/mol. The number of likely N-dealkylation sites (N-methyl/N-ethyl adjacent to an activating group) is 1. The lowest BCUT2D eigenvalue weighted by Gasteiger charge is -2.41. The fourth-order valence-electron chi connectivity index (χ4n) is 7.23. The van der Waals surface area contributed by atoms with E-state index < -0.39 is 17.8 Å². The van der Waals surface area contributed by atoms with E-state index in [1.54, 1.807) is 0 Å². The van der Waals surface area contributed by atoms with Crippen molar-refractivity contribution in [1.82, 2.24) is 19.8 Å². The predicted molar refractivity (Wildman–Crippen MR) is 170 cm³/mol. The molecule has 7 rings (SSSR count). The summed E-state index contributed by atoms with van der Waals surface area (Å²) < 4.78 is 26.7. The zero-order valence-corrected chi connectivity index (χ0v) is 25.8. The number of ether oxygens (including phenoxy) is 2. The topological polar surface area (TPSA) is 94.8 Å². The number of piperazine rings is 1. The Morgan fingerprint density at radius 3 is 2.73 bits per heavy atom. The Balaban J connectivity index is 1.36. The molecule has 3 fully saturated rings. The number of likely N-dealkylation sites (tertiary alicyclic amines) is 1. The number of aromatic nitrogens is 2. The highest BCUT2D eigenvalue weighted by molar-refractivity contribution is 6.00. The molecule has 45 heavy (non-hydrogen) atoms. The third kappa shape index (κ3) is 5.70. The molecule has 0 N–H and O–H groups in total. The molecule has 1 saturated carbocycles. The monoisotopic (exact) mass is 610 g/mol. The number of rotatable bonds is 8. The minimum absolute atomic E-state index is 0.0621. The minimum atomic E-state index is -1.02. The van der Waals surface area contributed by atoms with Crippen molar-refractivity contribution in [3.05, 3.63) is 53.9 Å². The van der Waals surface area contributed by atoms with E-state index in [0.29, 0.717) is 50.1 Å². The maximum atomic E-state index is 13.9. The van der Waals surface area contributed by atoms with Crippen LogP contribution in [0, 0.1) is 11.3 Å². The maximum absolute atomic E-state index is 13.9. The summed E-state index contributed by atoms with van der Waals surface area (Å²) in [6.45, 7) is 6.27. The van der Waals surface area contributed by atoms with E-state index in [1.165, 1.54) is 28.9 Å². The highest BCUT2D eigenvalue weighted by atomic mass is 19.1. The van der Waals surface area contributed by atoms with E-state index in [9.17, 15) is 14.4 Å². The second-order valence-corrected chi connectivity index (χ2v) is 12.7. The molecular weight excluding hydrogens is 571 g/mol. The molecule has 1 amide bonds. The van der Waals surface area contributed by atoms with Crippen LogP contribution in [-0.2, 0) is 11.2 Å². The Bertz CT molecular complexity index is 1680. The smallest absolute Gasteiger partial charge is 0.319 e. The molecule has 10 heteroatoms. The van der Waals surface area contributed by atoms with Gasteiger partial charge in [0.2, 0.25) is 0 Å². The Kier molecular flexibility index (Phi) is 8.04. The van der Waals surface area contributed by atoms with Crippen molar-refractivity contribution < 1.29 is 18.7 Å². The summed E-state index contributed by atoms with van der Waals surface area (Å²) in [5.41, 5.74) is 5.64. The van der Waals surface area contributed by atoms with Crippen LogP contribution in [0.4, 0.5) is 10.2 Å². The number of carbonyl (C=O) groups excluding carboxylic acids is 1. The quantitative estimate of drug-likeness (QED) is 0.314. The van der Waals surface area contributed by atoms with Gasteiger partial charge < -0.3 is 24.2 Å². The largest absolute Gasteiger partial charge is 0.492 e. The molecule has 0 radical (unpaired) electrons. The van der Waals surface area contributed by atoms with Gasteiger partial charge in [-0.15, -0.1) is 0 Å². The zero-order valence-electron chi connectivity index (χ0n) is 25.8. The second kappa shape index (κ2) is 12.3. The SMILES string of the molecule is C=C(F)C(=O)N1CCN(c2nc(OCC3CCCN3C)nc3cc(-c4ccccc4C4CC4)c4c(c23)OCCC4)CC1CC#N. The van der Waals surface area contributed by atoms with Gasteiger partial charge in [-0.05, 0) is 80.8 Å². The van der Waals surface area contributed by atoms with Gasteiger partial charge in [-0.3, -0.25) is 4.79 Å². The fraction of sp³-hybridized carbons (Fsp3) is 0.486. The maximum Gasteiger partial charge on any atom is 0.319 e. The van der Waals surface area contributed by atoms with Gasteiger partial charge in [0.05, 0.1) is 36.0 Å². The number of carbonyl (C=O) groups is 1. The molecule has 0 spiro atoms. The van der Waals surface area contributed by atoms with Crippen LogP contribution in [-0.4, -0.2) is 84.2 Å². The molecule has 9 nitrogen and oxygen atoms in total. The van der Waals surface area contributed by atoms with Crippen molar-refractivity contribution >= 4 is 22.6 Å². The fourth-order valence-corrected chi connectivity index (χ4v) is 7.23. The van der Waals surface area contributed by atoms with Crippen LogP contribution in [0.15, 0.2) is 42.7 Å². The first-order chi connectivity index (χ1) is 21.9. The molecule has 3 aromatic rings. The van der Waals surface area contributed by atoms with Gasteiger partial charge >= 0.3 is 6.01 Å². The Morgan fingerprint density at radius 1 is 1.13 bits per heavy atom. The number of fused-ring (bicyclic) bond motifs is 3. The zero-order chi connectivity index (χ0) is 31.1. The predicted octanol–water partition coefficient (Wildman–Crippen LogP) is 5.39. The number of nitriles is 1. The van der Waals surface area contributed by atoms with Crippen LogP contribution in [0.2, 0.25) is 0 Å². The van der Waals surface area contributed by atoms with Crippen LogP contribution in [0.3, 0.4) is 0 Å². The van der Waals surface area contributed by atoms with E-state index in [2.05, 4.69) is 59.8 Å². The second-order valence-electron chi connectivity index (χ2n) is 12.7. The first kappa shape index (κ1) is 29.5. The van der Waals surface area contributed by atoms with Crippen molar-refractivity contribution in [3.8, 4) is 29.0 Å². The third-order valence-corrected chi connectivity index (χ3v) is 9.77. The van der Waals surface area contributed by atoms with Crippen molar-refractivity contribution in [2.75, 3.05) is 51.3 Å². The molecule has 1 aromatic heterocycles. The minimum Gasteiger partial charge on any atom is -0.492 e. The number of anilines is 1. The van der Waals surface area contributed by atoms with E-state index >= 15 is 0 Å². The van der Waals surface area contributed by atoms with Gasteiger partial charge in [-0.2, -0.15) is 15.2 Å². The molecule has 1 aliphatic carbocycles. The van der Waals surface area contributed by atoms with Gasteiger partial charge in [-0.1, -0.05) is 30.8 Å². The van der Waals surface area contributed by atoms with Crippen LogP contribution in [0.25, 0.3) is 22.0 Å². The Hall–Kier alpha value is -4.23. The lowest BCUT2D eigenvalue weighted by Crippen LogP contribution is -2.55. The molecule has 3 aliphatic heterocycles. The van der Waals surface area contributed by atoms with Gasteiger partial charge in [0.25, 0.3) is 5.91 Å². The molecule has 234 valence electrons. The van der Waals surface area contributed by atoms with Crippen LogP contribution >= 0.6 is 0 Å². The third-order valence-electron chi connectivity index (χ3n) is 9.77. The van der Waals surface area contributed by atoms with Gasteiger partial charge in [0, 0.05) is 31.2 Å². The molecule has 2 atom stereocenters. The summed E-state index contributed by atoms with van der Waals surface area (Å²) in [6.07, 6.45) is 6.47. The van der Waals surface area contributed by atoms with Crippen LogP contribution < -0.4 is 14.4 Å². The molecule has 0 bridgehead atoms. The van der Waals surface area contributed by atoms with Crippen molar-refractivity contribution in [3.63, 3.8) is 0 Å². The lowest BCUT2D eigenvalue weighted by atomic mass is 9.88. The standard InChI is InChI=1S/C35H39FN6O3/c1-22(36)34(43)42-17-16-41(20-24(42)13-14-37)33-31-30(38-35(39-33)45-21-25-7-5-15-40(25)2)19-29(28-10-6-18-44-32(28)31)27-9-4-3-8-26(27)23-11-12-23/h3-4,8-9,19,23-25H,1,5-7,10-13,15-18,20-21H2,2H3. The summed E-state index contributed by atoms with van der Waals surface area (Å²) in [4.78, 5) is 28.4. The first-order valence-electron chi connectivity index (χ1n) is 16.1. The van der Waals surface area contributed by atoms with Crippen molar-refractivity contribution in [2.45, 2.75) is 62.9 Å². The summed E-state index contributed by atoms with van der Waals surface area (Å²) in [5, 5.41) is 10.4. The number of halogens is 1. The number of nitrogens with zero attached hydrogens (tertiary/aromatic N) is 6. The molecule has 2 unspecified atom stereocenters. The highest BCUT2D eigenvalue weighted by Gasteiger charge is 2.35.